The van der Waals surface area contributed by atoms with Gasteiger partial charge < -0.3 is 14.8 Å². The number of hydrogen-bond acceptors (Lipinski definition) is 6. The number of nitrogens with zero attached hydrogens (tertiary/aromatic N) is 1. The molecule has 140 valence electrons. The highest BCUT2D eigenvalue weighted by Crippen LogP contribution is 2.23. The van der Waals surface area contributed by atoms with Crippen molar-refractivity contribution in [2.24, 2.45) is 5.92 Å². The normalized spacial score (nSPS) is 14.9. The van der Waals surface area contributed by atoms with Gasteiger partial charge in [-0.1, -0.05) is 0 Å². The fourth-order valence-electron chi connectivity index (χ4n) is 2.13. The van der Waals surface area contributed by atoms with Crippen LogP contribution in [0.4, 0.5) is 10.1 Å². The summed E-state index contributed by atoms with van der Waals surface area (Å²) in [6.07, 6.45) is 2.07. The minimum absolute atomic E-state index is 0.318. The Bertz CT molecular complexity index is 569. The fraction of sp³-hybridized carbons (Fsp3) is 0.588. The van der Waals surface area contributed by atoms with Crippen LogP contribution in [0.3, 0.4) is 0 Å². The molecule has 1 aliphatic rings. The van der Waals surface area contributed by atoms with Crippen LogP contribution in [0, 0.1) is 21.8 Å². The van der Waals surface area contributed by atoms with Gasteiger partial charge in [0.1, 0.15) is 11.4 Å². The lowest BCUT2D eigenvalue weighted by Crippen LogP contribution is -2.30. The summed E-state index contributed by atoms with van der Waals surface area (Å²) in [4.78, 5) is 19.3. The van der Waals surface area contributed by atoms with Crippen LogP contribution in [0.15, 0.2) is 18.2 Å². The molecule has 1 heterocycles. The van der Waals surface area contributed by atoms with Crippen LogP contribution in [0.2, 0.25) is 0 Å². The van der Waals surface area contributed by atoms with Crippen LogP contribution < -0.4 is 10.1 Å². The van der Waals surface area contributed by atoms with Crippen LogP contribution in [-0.4, -0.2) is 36.7 Å². The number of benzene rings is 1. The van der Waals surface area contributed by atoms with E-state index in [9.17, 15) is 19.3 Å². The van der Waals surface area contributed by atoms with Gasteiger partial charge in [0.05, 0.1) is 11.5 Å². The molecule has 0 amide bonds. The van der Waals surface area contributed by atoms with Gasteiger partial charge >= 0.3 is 5.69 Å². The van der Waals surface area contributed by atoms with Crippen molar-refractivity contribution in [1.29, 1.82) is 0 Å². The van der Waals surface area contributed by atoms with Crippen LogP contribution in [0.25, 0.3) is 0 Å². The molecule has 1 saturated heterocycles. The molecule has 7 nitrogen and oxygen atoms in total. The molecule has 0 atom stereocenters. The van der Waals surface area contributed by atoms with Gasteiger partial charge in [-0.15, -0.1) is 0 Å². The molecule has 0 aliphatic carbocycles. The Morgan fingerprint density at radius 1 is 1.36 bits per heavy atom. The number of rotatable bonds is 5. The lowest BCUT2D eigenvalue weighted by Gasteiger charge is -2.22. The molecule has 1 aromatic carbocycles. The van der Waals surface area contributed by atoms with E-state index in [4.69, 9.17) is 4.74 Å². The van der Waals surface area contributed by atoms with Crippen molar-refractivity contribution in [3.05, 3.63) is 34.1 Å². The Labute approximate surface area is 146 Å². The first kappa shape index (κ1) is 20.8. The molecule has 1 aliphatic heterocycles. The van der Waals surface area contributed by atoms with E-state index in [2.05, 4.69) is 10.1 Å². The highest BCUT2D eigenvalue weighted by Gasteiger charge is 2.16. The van der Waals surface area contributed by atoms with Crippen LogP contribution in [0.1, 0.15) is 33.6 Å². The van der Waals surface area contributed by atoms with E-state index < -0.39 is 16.4 Å². The quantitative estimate of drug-likeness (QED) is 0.495. The molecule has 0 bridgehead atoms. The molecule has 1 aromatic rings. The number of carbonyl (C=O) groups excluding carboxylic acids is 1. The second kappa shape index (κ2) is 9.93. The van der Waals surface area contributed by atoms with E-state index in [1.807, 2.05) is 20.8 Å². The topological polar surface area (TPSA) is 90.7 Å². The lowest BCUT2D eigenvalue weighted by atomic mass is 9.99. The minimum Gasteiger partial charge on any atom is -0.493 e. The zero-order chi connectivity index (χ0) is 18.9. The number of carbonyl (C=O) groups is 1. The molecule has 1 fully saturated rings. The highest BCUT2D eigenvalue weighted by atomic mass is 19.1. The maximum atomic E-state index is 13.3. The standard InChI is InChI=1S/C12H15FN2O3.C5H10O2/c13-11-7-10(1-2-12(11)15(16)17)18-8-9-3-5-14-6-4-9;1-5(2,3)7-4-6/h1-2,7,9,14H,3-6,8H2;4H,1-3H3. The summed E-state index contributed by atoms with van der Waals surface area (Å²) in [5.41, 5.74) is -0.842. The minimum atomic E-state index is -0.859. The highest BCUT2D eigenvalue weighted by molar-refractivity contribution is 5.38. The Morgan fingerprint density at radius 2 is 2.00 bits per heavy atom. The average molecular weight is 356 g/mol. The summed E-state index contributed by atoms with van der Waals surface area (Å²) in [6.45, 7) is 8.40. The molecule has 0 saturated carbocycles. The average Bonchev–Trinajstić information content (AvgIpc) is 2.53. The summed E-state index contributed by atoms with van der Waals surface area (Å²) in [7, 11) is 0. The monoisotopic (exact) mass is 356 g/mol. The third-order valence-electron chi connectivity index (χ3n) is 3.46. The molecule has 8 heteroatoms. The molecule has 0 aromatic heterocycles. The summed E-state index contributed by atoms with van der Waals surface area (Å²) >= 11 is 0. The molecule has 1 N–H and O–H groups in total. The lowest BCUT2D eigenvalue weighted by molar-refractivity contribution is -0.387. The molecule has 0 radical (unpaired) electrons. The number of piperidine rings is 1. The van der Waals surface area contributed by atoms with Crippen LogP contribution >= 0.6 is 0 Å². The van der Waals surface area contributed by atoms with Gasteiger partial charge in [-0.25, -0.2) is 0 Å². The van der Waals surface area contributed by atoms with Crippen molar-refractivity contribution in [3.8, 4) is 5.75 Å². The number of nitro benzene ring substituents is 1. The zero-order valence-corrected chi connectivity index (χ0v) is 14.8. The van der Waals surface area contributed by atoms with E-state index in [0.717, 1.165) is 38.1 Å². The van der Waals surface area contributed by atoms with Crippen molar-refractivity contribution in [2.45, 2.75) is 39.2 Å². The Morgan fingerprint density at radius 3 is 2.44 bits per heavy atom. The number of ether oxygens (including phenoxy) is 2. The number of hydrogen-bond donors (Lipinski definition) is 1. The number of nitrogens with one attached hydrogen (secondary N) is 1. The van der Waals surface area contributed by atoms with E-state index >= 15 is 0 Å². The van der Waals surface area contributed by atoms with Crippen LogP contribution in [-0.2, 0) is 9.53 Å². The Kier molecular flexibility index (Phi) is 8.27. The van der Waals surface area contributed by atoms with Crippen LogP contribution in [0.5, 0.6) is 5.75 Å². The SMILES string of the molecule is CC(C)(C)OC=O.O=[N+]([O-])c1ccc(OCC2CCNCC2)cc1F. The van der Waals surface area contributed by atoms with Gasteiger partial charge in [0.2, 0.25) is 5.82 Å². The first-order valence-corrected chi connectivity index (χ1v) is 8.12. The second-order valence-corrected chi connectivity index (χ2v) is 6.70. The molecular weight excluding hydrogens is 331 g/mol. The van der Waals surface area contributed by atoms with Crippen molar-refractivity contribution in [2.75, 3.05) is 19.7 Å². The maximum Gasteiger partial charge on any atom is 0.305 e. The van der Waals surface area contributed by atoms with Crippen molar-refractivity contribution < 1.29 is 23.6 Å². The van der Waals surface area contributed by atoms with E-state index in [1.54, 1.807) is 0 Å². The smallest absolute Gasteiger partial charge is 0.305 e. The van der Waals surface area contributed by atoms with Gasteiger partial charge in [-0.2, -0.15) is 4.39 Å². The predicted octanol–water partition coefficient (Wildman–Crippen LogP) is 3.07. The third kappa shape index (κ3) is 8.44. The van der Waals surface area contributed by atoms with E-state index in [1.165, 1.54) is 6.07 Å². The molecular formula is C17H25FN2O5. The maximum absolute atomic E-state index is 13.3. The van der Waals surface area contributed by atoms with Crippen molar-refractivity contribution >= 4 is 12.2 Å². The van der Waals surface area contributed by atoms with Gasteiger partial charge in [0.25, 0.3) is 6.47 Å². The second-order valence-electron chi connectivity index (χ2n) is 6.70. The van der Waals surface area contributed by atoms with Crippen molar-refractivity contribution in [3.63, 3.8) is 0 Å². The first-order chi connectivity index (χ1) is 11.7. The zero-order valence-electron chi connectivity index (χ0n) is 14.8. The van der Waals surface area contributed by atoms with E-state index in [0.29, 0.717) is 24.7 Å². The summed E-state index contributed by atoms with van der Waals surface area (Å²) in [5, 5.41) is 13.7. The van der Waals surface area contributed by atoms with Gasteiger partial charge in [0.15, 0.2) is 0 Å². The first-order valence-electron chi connectivity index (χ1n) is 8.12. The summed E-state index contributed by atoms with van der Waals surface area (Å²) in [5.74, 6) is -0.0519. The van der Waals surface area contributed by atoms with Crippen molar-refractivity contribution in [1.82, 2.24) is 5.32 Å². The third-order valence-corrected chi connectivity index (χ3v) is 3.46. The van der Waals surface area contributed by atoms with Gasteiger partial charge in [0, 0.05) is 12.1 Å². The molecule has 2 rings (SSSR count). The molecule has 0 unspecified atom stereocenters. The Balaban J connectivity index is 0.000000381. The predicted molar refractivity (Wildman–Crippen MR) is 91.0 cm³/mol. The largest absolute Gasteiger partial charge is 0.493 e. The van der Waals surface area contributed by atoms with Gasteiger partial charge in [-0.05, 0) is 58.7 Å². The summed E-state index contributed by atoms with van der Waals surface area (Å²) in [6, 6.07) is 3.63. The van der Waals surface area contributed by atoms with E-state index in [-0.39, 0.29) is 5.60 Å². The molecule has 25 heavy (non-hydrogen) atoms. The molecule has 0 spiro atoms. The Hall–Kier alpha value is -2.22. The fourth-order valence-corrected chi connectivity index (χ4v) is 2.13. The van der Waals surface area contributed by atoms with Gasteiger partial charge in [-0.3, -0.25) is 14.9 Å². The number of halogens is 1. The number of nitro groups is 1. The summed E-state index contributed by atoms with van der Waals surface area (Å²) < 4.78 is 23.4.